The molecule has 1 fully saturated rings. The van der Waals surface area contributed by atoms with Crippen LogP contribution in [0.4, 0.5) is 0 Å². The summed E-state index contributed by atoms with van der Waals surface area (Å²) in [5.41, 5.74) is 0.865. The van der Waals surface area contributed by atoms with Crippen molar-refractivity contribution < 1.29 is 0 Å². The van der Waals surface area contributed by atoms with Gasteiger partial charge in [0.1, 0.15) is 0 Å². The van der Waals surface area contributed by atoms with Crippen LogP contribution in [-0.4, -0.2) is 34.8 Å². The van der Waals surface area contributed by atoms with Crippen LogP contribution in [0.25, 0.3) is 0 Å². The Morgan fingerprint density at radius 3 is 1.70 bits per heavy atom. The van der Waals surface area contributed by atoms with Crippen molar-refractivity contribution in [3.05, 3.63) is 91.0 Å². The van der Waals surface area contributed by atoms with Gasteiger partial charge in [-0.15, -0.1) is 0 Å². The minimum absolute atomic E-state index is 0. The Bertz CT molecular complexity index is 742. The lowest BCUT2D eigenvalue weighted by molar-refractivity contribution is 0.841. The molecule has 0 aliphatic carbocycles. The minimum Gasteiger partial charge on any atom is -0.0718 e. The third kappa shape index (κ3) is 5.34. The molecule has 0 N–H and O–H groups in total. The smallest absolute Gasteiger partial charge is 0 e. The average molecular weight is 384 g/mol. The molecule has 0 spiro atoms. The van der Waals surface area contributed by atoms with Gasteiger partial charge in [0.05, 0.1) is 0 Å². The Morgan fingerprint density at radius 2 is 1.19 bits per heavy atom. The van der Waals surface area contributed by atoms with Crippen molar-refractivity contribution in [1.29, 1.82) is 0 Å². The van der Waals surface area contributed by atoms with E-state index in [-0.39, 0.29) is 32.7 Å². The summed E-state index contributed by atoms with van der Waals surface area (Å²) in [5.74, 6) is 0. The summed E-state index contributed by atoms with van der Waals surface area (Å²) in [5, 5.41) is 4.66. The molecule has 27 heavy (non-hydrogen) atoms. The van der Waals surface area contributed by atoms with Gasteiger partial charge in [-0.3, -0.25) is 0 Å². The molecule has 6 radical (unpaired) electrons. The molecule has 0 saturated carbocycles. The lowest BCUT2D eigenvalue weighted by Gasteiger charge is -2.27. The topological polar surface area (TPSA) is 0 Å². The predicted octanol–water partition coefficient (Wildman–Crippen LogP) is 4.33. The fraction of sp³-hybridized carbons (Fsp3) is 0.217. The summed E-state index contributed by atoms with van der Waals surface area (Å²) in [6, 6.07) is 33.7. The van der Waals surface area contributed by atoms with Crippen molar-refractivity contribution in [2.45, 2.75) is 18.5 Å². The zero-order valence-electron chi connectivity index (χ0n) is 15.6. The van der Waals surface area contributed by atoms with Gasteiger partial charge >= 0.3 is 0 Å². The van der Waals surface area contributed by atoms with Crippen LogP contribution in [0.3, 0.4) is 0 Å². The molecular weight excluding hydrogens is 360 g/mol. The summed E-state index contributed by atoms with van der Waals surface area (Å²) in [7, 11) is -0.263. The van der Waals surface area contributed by atoms with Gasteiger partial charge in [0.25, 0.3) is 0 Å². The summed E-state index contributed by atoms with van der Waals surface area (Å²) in [4.78, 5) is 0. The summed E-state index contributed by atoms with van der Waals surface area (Å²) < 4.78 is 0. The summed E-state index contributed by atoms with van der Waals surface area (Å²) in [6.45, 7) is 0. The van der Waals surface area contributed by atoms with E-state index < -0.39 is 0 Å². The van der Waals surface area contributed by atoms with Crippen LogP contribution >= 0.6 is 15.8 Å². The van der Waals surface area contributed by atoms with E-state index in [9.17, 15) is 0 Å². The highest BCUT2D eigenvalue weighted by molar-refractivity contribution is 7.74. The van der Waals surface area contributed by atoms with Gasteiger partial charge in [-0.1, -0.05) is 98.9 Å². The van der Waals surface area contributed by atoms with Gasteiger partial charge in [-0.25, -0.2) is 0 Å². The fourth-order valence-corrected chi connectivity index (χ4v) is 10.1. The lowest BCUT2D eigenvalue weighted by atomic mass is 10.3. The lowest BCUT2D eigenvalue weighted by Crippen LogP contribution is -2.21. The number of hydrogen-bond acceptors (Lipinski definition) is 0. The second-order valence-electron chi connectivity index (χ2n) is 6.61. The molecule has 132 valence electrons. The van der Waals surface area contributed by atoms with Crippen LogP contribution in [0.2, 0.25) is 0 Å². The Hall–Kier alpha value is -1.35. The van der Waals surface area contributed by atoms with E-state index in [0.29, 0.717) is 0 Å². The van der Waals surface area contributed by atoms with Crippen molar-refractivity contribution in [3.63, 3.8) is 0 Å². The summed E-state index contributed by atoms with van der Waals surface area (Å²) in [6.07, 6.45) is 5.55. The van der Waals surface area contributed by atoms with Crippen LogP contribution in [0, 0.1) is 0 Å². The molecule has 3 aromatic carbocycles. The maximum Gasteiger partial charge on any atom is 0 e. The molecule has 3 aromatic rings. The van der Waals surface area contributed by atoms with Gasteiger partial charge in [0, 0.05) is 16.8 Å². The highest BCUT2D eigenvalue weighted by Gasteiger charge is 2.31. The Kier molecular flexibility index (Phi) is 8.82. The van der Waals surface area contributed by atoms with Crippen molar-refractivity contribution in [1.82, 2.24) is 0 Å². The molecule has 0 amide bonds. The van der Waals surface area contributed by atoms with Crippen LogP contribution < -0.4 is 15.9 Å². The second kappa shape index (κ2) is 10.8. The predicted molar refractivity (Wildman–Crippen MR) is 126 cm³/mol. The van der Waals surface area contributed by atoms with E-state index >= 15 is 0 Å². The monoisotopic (exact) mass is 384 g/mol. The zero-order valence-corrected chi connectivity index (χ0v) is 17.4. The molecule has 4 rings (SSSR count). The number of hydrogen-bond donors (Lipinski definition) is 0. The SMILES string of the molecule is [B].[B].c1ccc(P(C[C@@H]2CCC[P@@]2c2ccccc2)c2ccccc2)cc1. The van der Waals surface area contributed by atoms with E-state index in [4.69, 9.17) is 0 Å². The molecule has 0 unspecified atom stereocenters. The van der Waals surface area contributed by atoms with Gasteiger partial charge in [0.15, 0.2) is 0 Å². The van der Waals surface area contributed by atoms with Crippen molar-refractivity contribution in [3.8, 4) is 0 Å². The first-order valence-corrected chi connectivity index (χ1v) is 12.2. The third-order valence-corrected chi connectivity index (χ3v) is 11.0. The highest BCUT2D eigenvalue weighted by Crippen LogP contribution is 2.53. The Balaban J connectivity index is 0.00000131. The molecule has 1 saturated heterocycles. The molecule has 1 heterocycles. The maximum atomic E-state index is 2.36. The first kappa shape index (κ1) is 21.9. The van der Waals surface area contributed by atoms with Crippen molar-refractivity contribution in [2.24, 2.45) is 0 Å². The van der Waals surface area contributed by atoms with Crippen molar-refractivity contribution in [2.75, 3.05) is 12.3 Å². The highest BCUT2D eigenvalue weighted by atomic mass is 31.1. The van der Waals surface area contributed by atoms with Gasteiger partial charge < -0.3 is 0 Å². The standard InChI is InChI=1S/C23H24P2.2B/c1-4-11-20(12-5-1)24-18-10-17-23(24)19-25(21-13-6-2-7-14-21)22-15-8-3-9-16-22;;/h1-9,11-16,23H,10,17-19H2;;/t23-,24-;;/m0../s1. The van der Waals surface area contributed by atoms with Crippen molar-refractivity contribution >= 4 is 48.6 Å². The van der Waals surface area contributed by atoms with Crippen LogP contribution in [0.5, 0.6) is 0 Å². The largest absolute Gasteiger partial charge is 0.0718 e. The van der Waals surface area contributed by atoms with Crippen LogP contribution in [-0.2, 0) is 0 Å². The normalized spacial score (nSPS) is 18.6. The molecule has 1 aliphatic heterocycles. The van der Waals surface area contributed by atoms with E-state index in [1.54, 1.807) is 5.30 Å². The maximum absolute atomic E-state index is 2.36. The Labute approximate surface area is 170 Å². The molecule has 0 nitrogen and oxygen atoms in total. The quantitative estimate of drug-likeness (QED) is 0.454. The molecule has 0 aromatic heterocycles. The number of benzene rings is 3. The molecule has 0 bridgehead atoms. The van der Waals surface area contributed by atoms with Gasteiger partial charge in [0.2, 0.25) is 0 Å². The van der Waals surface area contributed by atoms with E-state index in [0.717, 1.165) is 5.66 Å². The van der Waals surface area contributed by atoms with Gasteiger partial charge in [-0.2, -0.15) is 0 Å². The molecule has 2 atom stereocenters. The number of rotatable bonds is 5. The van der Waals surface area contributed by atoms with Crippen LogP contribution in [0.15, 0.2) is 91.0 Å². The first-order chi connectivity index (χ1) is 12.4. The second-order valence-corrected chi connectivity index (χ2v) is 11.5. The zero-order chi connectivity index (χ0) is 16.9. The Morgan fingerprint density at radius 1 is 0.704 bits per heavy atom. The van der Waals surface area contributed by atoms with E-state index in [2.05, 4.69) is 91.0 Å². The van der Waals surface area contributed by atoms with E-state index in [1.807, 2.05) is 0 Å². The molecular formula is C23H24B2P2. The van der Waals surface area contributed by atoms with Crippen LogP contribution in [0.1, 0.15) is 12.8 Å². The molecule has 1 aliphatic rings. The third-order valence-electron chi connectivity index (χ3n) is 4.99. The van der Waals surface area contributed by atoms with Gasteiger partial charge in [-0.05, 0) is 54.7 Å². The summed E-state index contributed by atoms with van der Waals surface area (Å²) >= 11 is 0. The molecule has 4 heteroatoms. The average Bonchev–Trinajstić information content (AvgIpc) is 3.16. The first-order valence-electron chi connectivity index (χ1n) is 9.11. The minimum atomic E-state index is -0.263. The van der Waals surface area contributed by atoms with E-state index in [1.165, 1.54) is 35.8 Å². The fourth-order valence-electron chi connectivity index (χ4n) is 3.77.